The molecule has 0 fully saturated rings. The fourth-order valence-electron chi connectivity index (χ4n) is 3.99. The van der Waals surface area contributed by atoms with Crippen molar-refractivity contribution in [3.63, 3.8) is 0 Å². The largest absolute Gasteiger partial charge is 0.494 e. The van der Waals surface area contributed by atoms with Crippen molar-refractivity contribution in [3.05, 3.63) is 45.8 Å². The molecule has 1 aromatic carbocycles. The summed E-state index contributed by atoms with van der Waals surface area (Å²) in [5.74, 6) is 0.657. The Morgan fingerprint density at radius 1 is 1.20 bits per heavy atom. The number of fused-ring (bicyclic) bond motifs is 1. The highest BCUT2D eigenvalue weighted by Gasteiger charge is 2.35. The molecule has 30 heavy (non-hydrogen) atoms. The van der Waals surface area contributed by atoms with Crippen molar-refractivity contribution in [3.8, 4) is 5.75 Å². The number of thiophene rings is 1. The fraction of sp³-hybridized carbons (Fsp3) is 0.500. The number of carbonyl (C=O) groups is 2. The summed E-state index contributed by atoms with van der Waals surface area (Å²) in [5, 5.41) is 3.54. The van der Waals surface area contributed by atoms with Gasteiger partial charge in [0.25, 0.3) is 5.91 Å². The van der Waals surface area contributed by atoms with Crippen molar-refractivity contribution in [2.24, 2.45) is 11.3 Å². The van der Waals surface area contributed by atoms with Crippen LogP contribution < -0.4 is 10.1 Å². The number of methoxy groups -OCH3 is 1. The van der Waals surface area contributed by atoms with Crippen LogP contribution in [0, 0.1) is 11.3 Å². The summed E-state index contributed by atoms with van der Waals surface area (Å²) in [6.07, 6.45) is 3.93. The number of benzene rings is 1. The minimum Gasteiger partial charge on any atom is -0.494 e. The number of nitrogens with one attached hydrogen (secondary N) is 1. The van der Waals surface area contributed by atoms with Gasteiger partial charge in [0.15, 0.2) is 0 Å². The molecule has 1 aliphatic carbocycles. The Balaban J connectivity index is 1.87. The molecule has 1 heterocycles. The Hall–Kier alpha value is -2.34. The van der Waals surface area contributed by atoms with Gasteiger partial charge >= 0.3 is 5.97 Å². The van der Waals surface area contributed by atoms with Gasteiger partial charge in [0.2, 0.25) is 0 Å². The van der Waals surface area contributed by atoms with Gasteiger partial charge in [-0.25, -0.2) is 4.79 Å². The van der Waals surface area contributed by atoms with E-state index >= 15 is 0 Å². The Morgan fingerprint density at radius 2 is 1.90 bits per heavy atom. The van der Waals surface area contributed by atoms with Gasteiger partial charge in [0.1, 0.15) is 10.8 Å². The lowest BCUT2D eigenvalue weighted by atomic mass is 9.69. The first kappa shape index (κ1) is 22.3. The zero-order valence-electron chi connectivity index (χ0n) is 18.5. The van der Waals surface area contributed by atoms with E-state index in [0.717, 1.165) is 37.0 Å². The number of anilines is 1. The van der Waals surface area contributed by atoms with E-state index in [9.17, 15) is 9.59 Å². The van der Waals surface area contributed by atoms with Gasteiger partial charge in [-0.2, -0.15) is 0 Å². The van der Waals surface area contributed by atoms with E-state index in [1.807, 2.05) is 6.92 Å². The Labute approximate surface area is 182 Å². The second kappa shape index (κ2) is 9.21. The molecular weight excluding hydrogens is 398 g/mol. The third-order valence-corrected chi connectivity index (χ3v) is 7.50. The van der Waals surface area contributed by atoms with E-state index in [4.69, 9.17) is 9.47 Å². The molecule has 1 atom stereocenters. The van der Waals surface area contributed by atoms with Gasteiger partial charge in [0.05, 0.1) is 19.3 Å². The Bertz CT molecular complexity index is 914. The van der Waals surface area contributed by atoms with Crippen LogP contribution in [-0.2, 0) is 17.6 Å². The van der Waals surface area contributed by atoms with Gasteiger partial charge in [0, 0.05) is 10.4 Å². The molecule has 1 aliphatic rings. The van der Waals surface area contributed by atoms with E-state index in [-0.39, 0.29) is 17.3 Å². The van der Waals surface area contributed by atoms with Crippen molar-refractivity contribution in [1.29, 1.82) is 0 Å². The number of hydrogen-bond acceptors (Lipinski definition) is 5. The minimum absolute atomic E-state index is 0.243. The number of amides is 1. The van der Waals surface area contributed by atoms with E-state index in [1.165, 1.54) is 23.3 Å². The van der Waals surface area contributed by atoms with Crippen molar-refractivity contribution >= 4 is 28.2 Å². The molecule has 6 heteroatoms. The van der Waals surface area contributed by atoms with Crippen LogP contribution in [0.4, 0.5) is 5.00 Å². The quantitative estimate of drug-likeness (QED) is 0.571. The Morgan fingerprint density at radius 3 is 2.50 bits per heavy atom. The second-order valence-electron chi connectivity index (χ2n) is 8.39. The summed E-state index contributed by atoms with van der Waals surface area (Å²) in [7, 11) is 1.39. The second-order valence-corrected chi connectivity index (χ2v) is 9.50. The molecule has 3 rings (SSSR count). The van der Waals surface area contributed by atoms with Crippen molar-refractivity contribution in [2.45, 2.75) is 53.4 Å². The van der Waals surface area contributed by atoms with E-state index in [2.05, 4.69) is 26.1 Å². The van der Waals surface area contributed by atoms with Crippen LogP contribution in [0.5, 0.6) is 5.75 Å². The maximum Gasteiger partial charge on any atom is 0.341 e. The standard InChI is InChI=1S/C24H31NO4S/c1-6-24(3,4)16-10-13-18-19(14-16)30-22(20(18)23(27)28-5)25-21(26)15-8-11-17(12-9-15)29-7-2/h8-9,11-12,16H,6-7,10,13-14H2,1-5H3,(H,25,26). The number of esters is 1. The third kappa shape index (κ3) is 4.53. The summed E-state index contributed by atoms with van der Waals surface area (Å²) in [6.45, 7) is 9.34. The maximum absolute atomic E-state index is 12.8. The first-order chi connectivity index (χ1) is 14.3. The fourth-order valence-corrected chi connectivity index (χ4v) is 5.30. The Kier molecular flexibility index (Phi) is 6.86. The maximum atomic E-state index is 12.8. The van der Waals surface area contributed by atoms with Crippen LogP contribution in [0.1, 0.15) is 71.7 Å². The number of hydrogen-bond donors (Lipinski definition) is 1. The van der Waals surface area contributed by atoms with Crippen LogP contribution in [0.2, 0.25) is 0 Å². The van der Waals surface area contributed by atoms with E-state index in [1.54, 1.807) is 24.3 Å². The lowest BCUT2D eigenvalue weighted by Gasteiger charge is -2.36. The highest BCUT2D eigenvalue weighted by atomic mass is 32.1. The first-order valence-corrected chi connectivity index (χ1v) is 11.4. The van der Waals surface area contributed by atoms with E-state index < -0.39 is 0 Å². The van der Waals surface area contributed by atoms with Crippen molar-refractivity contribution in [1.82, 2.24) is 0 Å². The molecule has 1 N–H and O–H groups in total. The van der Waals surface area contributed by atoms with Gasteiger partial charge in [-0.05, 0) is 67.3 Å². The first-order valence-electron chi connectivity index (χ1n) is 10.6. The SMILES string of the molecule is CCOc1ccc(C(=O)Nc2sc3c(c2C(=O)OC)CCC(C(C)(C)CC)C3)cc1. The van der Waals surface area contributed by atoms with E-state index in [0.29, 0.717) is 28.7 Å². The lowest BCUT2D eigenvalue weighted by Crippen LogP contribution is -2.28. The summed E-state index contributed by atoms with van der Waals surface area (Å²) in [4.78, 5) is 26.6. The molecule has 0 spiro atoms. The average molecular weight is 430 g/mol. The number of carbonyl (C=O) groups excluding carboxylic acids is 2. The van der Waals surface area contributed by atoms with Gasteiger partial charge in [-0.1, -0.05) is 27.2 Å². The molecule has 0 aliphatic heterocycles. The average Bonchev–Trinajstić information content (AvgIpc) is 3.10. The monoisotopic (exact) mass is 429 g/mol. The molecule has 0 bridgehead atoms. The summed E-state index contributed by atoms with van der Waals surface area (Å²) in [5.41, 5.74) is 2.32. The van der Waals surface area contributed by atoms with Crippen molar-refractivity contribution < 1.29 is 19.1 Å². The minimum atomic E-state index is -0.386. The highest BCUT2D eigenvalue weighted by Crippen LogP contribution is 2.45. The predicted octanol–water partition coefficient (Wildman–Crippen LogP) is 5.73. The molecular formula is C24H31NO4S. The molecule has 162 valence electrons. The third-order valence-electron chi connectivity index (χ3n) is 6.33. The summed E-state index contributed by atoms with van der Waals surface area (Å²) in [6, 6.07) is 7.00. The number of rotatable bonds is 7. The van der Waals surface area contributed by atoms with Crippen molar-refractivity contribution in [2.75, 3.05) is 19.0 Å². The topological polar surface area (TPSA) is 64.6 Å². The van der Waals surface area contributed by atoms with Crippen LogP contribution in [-0.4, -0.2) is 25.6 Å². The molecule has 1 amide bonds. The molecule has 5 nitrogen and oxygen atoms in total. The smallest absolute Gasteiger partial charge is 0.341 e. The number of ether oxygens (including phenoxy) is 2. The van der Waals surface area contributed by atoms with Crippen LogP contribution >= 0.6 is 11.3 Å². The van der Waals surface area contributed by atoms with Crippen LogP contribution in [0.3, 0.4) is 0 Å². The van der Waals surface area contributed by atoms with Gasteiger partial charge < -0.3 is 14.8 Å². The van der Waals surface area contributed by atoms with Gasteiger partial charge in [-0.3, -0.25) is 4.79 Å². The van der Waals surface area contributed by atoms with Crippen LogP contribution in [0.15, 0.2) is 24.3 Å². The van der Waals surface area contributed by atoms with Gasteiger partial charge in [-0.15, -0.1) is 11.3 Å². The normalized spacial score (nSPS) is 16.0. The molecule has 0 radical (unpaired) electrons. The molecule has 1 aromatic heterocycles. The zero-order chi connectivity index (χ0) is 21.9. The molecule has 0 saturated carbocycles. The molecule has 1 unspecified atom stereocenters. The summed E-state index contributed by atoms with van der Waals surface area (Å²) >= 11 is 1.51. The molecule has 2 aromatic rings. The van der Waals surface area contributed by atoms with Crippen LogP contribution in [0.25, 0.3) is 0 Å². The molecule has 0 saturated heterocycles. The zero-order valence-corrected chi connectivity index (χ0v) is 19.3. The highest BCUT2D eigenvalue weighted by molar-refractivity contribution is 7.17. The lowest BCUT2D eigenvalue weighted by molar-refractivity contribution is 0.0600. The summed E-state index contributed by atoms with van der Waals surface area (Å²) < 4.78 is 10.5. The predicted molar refractivity (Wildman–Crippen MR) is 121 cm³/mol.